The molecule has 1 aromatic carbocycles. The van der Waals surface area contributed by atoms with Gasteiger partial charge in [-0.2, -0.15) is 4.31 Å². The van der Waals surface area contributed by atoms with E-state index in [9.17, 15) is 13.2 Å². The Kier molecular flexibility index (Phi) is 6.55. The minimum Gasteiger partial charge on any atom is -0.379 e. The van der Waals surface area contributed by atoms with Crippen LogP contribution in [-0.4, -0.2) is 62.9 Å². The van der Waals surface area contributed by atoms with Crippen molar-refractivity contribution in [2.24, 2.45) is 0 Å². The molecule has 0 bridgehead atoms. The van der Waals surface area contributed by atoms with Crippen LogP contribution in [0, 0.1) is 0 Å². The molecule has 0 unspecified atom stereocenters. The number of hydrogen-bond donors (Lipinski definition) is 0. The fraction of sp³-hybridized carbons (Fsp3) is 0.611. The number of sulfonamides is 1. The van der Waals surface area contributed by atoms with Crippen LogP contribution in [0.4, 0.5) is 0 Å². The number of benzene rings is 1. The fourth-order valence-corrected chi connectivity index (χ4v) is 5.02. The Morgan fingerprint density at radius 2 is 1.58 bits per heavy atom. The SMILES string of the molecule is O=C(c1cc(S(=O)(=O)N2CCOCC2)ccc1Cl)N1CCCCCCC1. The van der Waals surface area contributed by atoms with Crippen LogP contribution in [-0.2, 0) is 14.8 Å². The predicted octanol–water partition coefficient (Wildman–Crippen LogP) is 2.77. The first-order valence-electron chi connectivity index (χ1n) is 9.17. The van der Waals surface area contributed by atoms with Crippen molar-refractivity contribution < 1.29 is 17.9 Å². The highest BCUT2D eigenvalue weighted by Crippen LogP contribution is 2.25. The van der Waals surface area contributed by atoms with Gasteiger partial charge in [0.1, 0.15) is 0 Å². The molecule has 0 aromatic heterocycles. The molecule has 1 amide bonds. The second-order valence-corrected chi connectivity index (χ2v) is 9.06. The molecule has 0 atom stereocenters. The molecule has 2 saturated heterocycles. The van der Waals surface area contributed by atoms with Crippen molar-refractivity contribution in [2.45, 2.75) is 37.0 Å². The first-order valence-corrected chi connectivity index (χ1v) is 11.0. The molecule has 144 valence electrons. The summed E-state index contributed by atoms with van der Waals surface area (Å²) in [7, 11) is -3.65. The van der Waals surface area contributed by atoms with E-state index >= 15 is 0 Å². The lowest BCUT2D eigenvalue weighted by molar-refractivity contribution is 0.0728. The number of ether oxygens (including phenoxy) is 1. The molecule has 6 nitrogen and oxygen atoms in total. The van der Waals surface area contributed by atoms with Gasteiger partial charge in [-0.15, -0.1) is 0 Å². The third-order valence-electron chi connectivity index (χ3n) is 4.92. The highest BCUT2D eigenvalue weighted by atomic mass is 35.5. The van der Waals surface area contributed by atoms with Gasteiger partial charge in [0.05, 0.1) is 28.7 Å². The molecule has 2 aliphatic heterocycles. The number of halogens is 1. The summed E-state index contributed by atoms with van der Waals surface area (Å²) in [6.45, 7) is 2.78. The number of carbonyl (C=O) groups excluding carboxylic acids is 1. The van der Waals surface area contributed by atoms with Crippen molar-refractivity contribution in [3.8, 4) is 0 Å². The van der Waals surface area contributed by atoms with Gasteiger partial charge in [0, 0.05) is 26.2 Å². The van der Waals surface area contributed by atoms with E-state index in [1.807, 2.05) is 0 Å². The fourth-order valence-electron chi connectivity index (χ4n) is 3.39. The summed E-state index contributed by atoms with van der Waals surface area (Å²) in [5, 5.41) is 0.290. The molecule has 0 radical (unpaired) electrons. The Bertz CT molecular complexity index is 740. The molecular weight excluding hydrogens is 376 g/mol. The molecule has 26 heavy (non-hydrogen) atoms. The van der Waals surface area contributed by atoms with Crippen LogP contribution in [0.3, 0.4) is 0 Å². The van der Waals surface area contributed by atoms with Gasteiger partial charge in [-0.05, 0) is 31.0 Å². The minimum absolute atomic E-state index is 0.110. The summed E-state index contributed by atoms with van der Waals surface area (Å²) in [5.41, 5.74) is 0.265. The summed E-state index contributed by atoms with van der Waals surface area (Å²) >= 11 is 6.24. The molecule has 2 fully saturated rings. The van der Waals surface area contributed by atoms with Crippen LogP contribution < -0.4 is 0 Å². The number of morpholine rings is 1. The van der Waals surface area contributed by atoms with Gasteiger partial charge in [-0.3, -0.25) is 4.79 Å². The monoisotopic (exact) mass is 400 g/mol. The first kappa shape index (κ1) is 19.6. The molecular formula is C18H25ClN2O4S. The van der Waals surface area contributed by atoms with E-state index in [1.54, 1.807) is 4.90 Å². The highest BCUT2D eigenvalue weighted by Gasteiger charge is 2.28. The molecule has 0 spiro atoms. The average molecular weight is 401 g/mol. The molecule has 1 aromatic rings. The van der Waals surface area contributed by atoms with Crippen LogP contribution in [0.15, 0.2) is 23.1 Å². The van der Waals surface area contributed by atoms with E-state index in [0.29, 0.717) is 39.4 Å². The predicted molar refractivity (Wildman–Crippen MR) is 100 cm³/mol. The number of nitrogens with zero attached hydrogens (tertiary/aromatic N) is 2. The third-order valence-corrected chi connectivity index (χ3v) is 7.14. The summed E-state index contributed by atoms with van der Waals surface area (Å²) < 4.78 is 32.3. The van der Waals surface area contributed by atoms with Gasteiger partial charge < -0.3 is 9.64 Å². The van der Waals surface area contributed by atoms with Crippen LogP contribution in [0.2, 0.25) is 5.02 Å². The Morgan fingerprint density at radius 1 is 0.962 bits per heavy atom. The van der Waals surface area contributed by atoms with E-state index in [4.69, 9.17) is 16.3 Å². The lowest BCUT2D eigenvalue weighted by Gasteiger charge is -2.27. The minimum atomic E-state index is -3.65. The van der Waals surface area contributed by atoms with Gasteiger partial charge >= 0.3 is 0 Å². The zero-order valence-electron chi connectivity index (χ0n) is 14.8. The third kappa shape index (κ3) is 4.39. The van der Waals surface area contributed by atoms with Gasteiger partial charge in [0.2, 0.25) is 10.0 Å². The summed E-state index contributed by atoms with van der Waals surface area (Å²) in [6.07, 6.45) is 5.37. The quantitative estimate of drug-likeness (QED) is 0.782. The van der Waals surface area contributed by atoms with Crippen LogP contribution in [0.25, 0.3) is 0 Å². The normalized spacial score (nSPS) is 20.4. The van der Waals surface area contributed by atoms with Crippen molar-refractivity contribution in [3.63, 3.8) is 0 Å². The molecule has 8 heteroatoms. The average Bonchev–Trinajstić information content (AvgIpc) is 2.62. The lowest BCUT2D eigenvalue weighted by atomic mass is 10.1. The van der Waals surface area contributed by atoms with Crippen molar-refractivity contribution in [3.05, 3.63) is 28.8 Å². The molecule has 0 N–H and O–H groups in total. The standard InChI is InChI=1S/C18H25ClN2O4S/c19-17-7-6-15(26(23,24)21-10-12-25-13-11-21)14-16(17)18(22)20-8-4-2-1-3-5-9-20/h6-7,14H,1-5,8-13H2. The number of likely N-dealkylation sites (tertiary alicyclic amines) is 1. The Labute approximate surface area is 160 Å². The van der Waals surface area contributed by atoms with Crippen molar-refractivity contribution in [1.82, 2.24) is 9.21 Å². The second-order valence-electron chi connectivity index (χ2n) is 6.72. The van der Waals surface area contributed by atoms with Crippen LogP contribution in [0.5, 0.6) is 0 Å². The van der Waals surface area contributed by atoms with Crippen molar-refractivity contribution >= 4 is 27.5 Å². The van der Waals surface area contributed by atoms with Crippen LogP contribution >= 0.6 is 11.6 Å². The number of rotatable bonds is 3. The Morgan fingerprint density at radius 3 is 2.23 bits per heavy atom. The van der Waals surface area contributed by atoms with E-state index in [2.05, 4.69) is 0 Å². The summed E-state index contributed by atoms with van der Waals surface area (Å²) in [4.78, 5) is 14.9. The smallest absolute Gasteiger partial charge is 0.255 e. The molecule has 0 aliphatic carbocycles. The van der Waals surface area contributed by atoms with Crippen molar-refractivity contribution in [1.29, 1.82) is 0 Å². The largest absolute Gasteiger partial charge is 0.379 e. The molecule has 0 saturated carbocycles. The maximum atomic E-state index is 13.0. The van der Waals surface area contributed by atoms with Gasteiger partial charge in [0.15, 0.2) is 0 Å². The van der Waals surface area contributed by atoms with Crippen LogP contribution in [0.1, 0.15) is 42.5 Å². The van der Waals surface area contributed by atoms with E-state index < -0.39 is 10.0 Å². The summed E-state index contributed by atoms with van der Waals surface area (Å²) in [5.74, 6) is -0.184. The Balaban J connectivity index is 1.85. The molecule has 3 rings (SSSR count). The lowest BCUT2D eigenvalue weighted by Crippen LogP contribution is -2.40. The zero-order valence-corrected chi connectivity index (χ0v) is 16.4. The number of hydrogen-bond acceptors (Lipinski definition) is 4. The van der Waals surface area contributed by atoms with Gasteiger partial charge in [-0.25, -0.2) is 8.42 Å². The van der Waals surface area contributed by atoms with E-state index in [1.165, 1.54) is 28.9 Å². The molecule has 2 heterocycles. The van der Waals surface area contributed by atoms with E-state index in [0.717, 1.165) is 25.7 Å². The number of carbonyl (C=O) groups is 1. The number of amides is 1. The maximum Gasteiger partial charge on any atom is 0.255 e. The van der Waals surface area contributed by atoms with Gasteiger partial charge in [-0.1, -0.05) is 30.9 Å². The van der Waals surface area contributed by atoms with Gasteiger partial charge in [0.25, 0.3) is 5.91 Å². The molecule has 2 aliphatic rings. The highest BCUT2D eigenvalue weighted by molar-refractivity contribution is 7.89. The van der Waals surface area contributed by atoms with Crippen molar-refractivity contribution in [2.75, 3.05) is 39.4 Å². The topological polar surface area (TPSA) is 66.9 Å². The maximum absolute atomic E-state index is 13.0. The second kappa shape index (κ2) is 8.69. The Hall–Kier alpha value is -1.15. The first-order chi connectivity index (χ1) is 12.5. The van der Waals surface area contributed by atoms with E-state index in [-0.39, 0.29) is 21.4 Å². The summed E-state index contributed by atoms with van der Waals surface area (Å²) in [6, 6.07) is 4.40. The zero-order chi connectivity index (χ0) is 18.6.